The van der Waals surface area contributed by atoms with Crippen molar-refractivity contribution in [1.82, 2.24) is 21.3 Å². The summed E-state index contributed by atoms with van der Waals surface area (Å²) in [6, 6.07) is 48.8. The molecule has 19 nitrogen and oxygen atoms in total. The number of carbonyl (C=O) groups excluding carboxylic acids is 4. The summed E-state index contributed by atoms with van der Waals surface area (Å²) >= 11 is 48.4. The molecule has 0 bridgehead atoms. The van der Waals surface area contributed by atoms with Crippen LogP contribution in [0.2, 0.25) is 40.2 Å². The SMILES string of the molecule is CC(O)C(O)C(Cc1ccc(-c2cc(Cl)cc(Cl)c2)cc1)NC(=O)CN.CC(O)C(O)C(Cc1ccc(-c2cc(Cl)cc(Cl)c2)cc1)NC(=O)[C@H](C)N.CC(O)C(O)C(Cc1ccc(-c2cc(Cl)cc(Cl)c2)cc1)NC(=O)[C@H]1CCCO1.CCC(=O)NC(Cc1ccc(-c2cc(Cl)cc(Cl)c2)cc1)C(O)C(C)O. The molecule has 1 aliphatic heterocycles. The van der Waals surface area contributed by atoms with Gasteiger partial charge in [0.1, 0.15) is 30.5 Å². The summed E-state index contributed by atoms with van der Waals surface area (Å²) in [6.45, 7) is 9.63. The van der Waals surface area contributed by atoms with Crippen LogP contribution >= 0.6 is 92.8 Å². The third-order valence-corrected chi connectivity index (χ3v) is 19.3. The number of hydrogen-bond acceptors (Lipinski definition) is 15. The van der Waals surface area contributed by atoms with Crippen molar-refractivity contribution in [2.24, 2.45) is 11.5 Å². The Morgan fingerprint density at radius 1 is 0.389 bits per heavy atom. The molecule has 4 amide bonds. The molecule has 1 saturated heterocycles. The quantitative estimate of drug-likeness (QED) is 0.0217. The van der Waals surface area contributed by atoms with Crippen LogP contribution in [0.25, 0.3) is 44.5 Å². The molecule has 16 N–H and O–H groups in total. The highest BCUT2D eigenvalue weighted by Gasteiger charge is 2.32. The average Bonchev–Trinajstić information content (AvgIpc) is 0.852. The van der Waals surface area contributed by atoms with Crippen LogP contribution in [-0.4, -0.2) is 163 Å². The number of carbonyl (C=O) groups is 4. The number of rotatable bonds is 28. The summed E-state index contributed by atoms with van der Waals surface area (Å²) < 4.78 is 5.41. The normalized spacial score (nSPS) is 16.2. The summed E-state index contributed by atoms with van der Waals surface area (Å²) in [4.78, 5) is 47.6. The predicted octanol–water partition coefficient (Wildman–Crippen LogP) is 12.6. The summed E-state index contributed by atoms with van der Waals surface area (Å²) in [5.41, 5.74) is 21.9. The lowest BCUT2D eigenvalue weighted by molar-refractivity contribution is -0.132. The maximum Gasteiger partial charge on any atom is 0.249 e. The Bertz CT molecular complexity index is 3970. The molecule has 1 aliphatic rings. The molecule has 9 rings (SSSR count). The second kappa shape index (κ2) is 44.5. The number of halogens is 8. The number of amides is 4. The minimum Gasteiger partial charge on any atom is -0.391 e. The molecular formula is C81H94Cl8N6O13. The lowest BCUT2D eigenvalue weighted by Gasteiger charge is -2.27. The van der Waals surface area contributed by atoms with Crippen molar-refractivity contribution >= 4 is 116 Å². The molecule has 8 aromatic rings. The van der Waals surface area contributed by atoms with Crippen LogP contribution in [0.1, 0.15) is 83.1 Å². The number of benzene rings is 8. The molecule has 1 heterocycles. The van der Waals surface area contributed by atoms with Gasteiger partial charge in [-0.25, -0.2) is 0 Å². The van der Waals surface area contributed by atoms with E-state index in [0.29, 0.717) is 85.3 Å². The number of ether oxygens (including phenoxy) is 1. The minimum atomic E-state index is -1.11. The van der Waals surface area contributed by atoms with E-state index in [9.17, 15) is 60.0 Å². The van der Waals surface area contributed by atoms with E-state index in [1.165, 1.54) is 27.7 Å². The first-order valence-corrected chi connectivity index (χ1v) is 38.1. The van der Waals surface area contributed by atoms with Crippen LogP contribution in [0.5, 0.6) is 0 Å². The maximum atomic E-state index is 12.4. The highest BCUT2D eigenvalue weighted by atomic mass is 35.5. The van der Waals surface area contributed by atoms with Crippen molar-refractivity contribution in [3.05, 3.63) is 232 Å². The van der Waals surface area contributed by atoms with E-state index in [1.807, 2.05) is 146 Å². The summed E-state index contributed by atoms with van der Waals surface area (Å²) in [7, 11) is 0. The fraction of sp³-hybridized carbons (Fsp3) is 0.358. The fourth-order valence-electron chi connectivity index (χ4n) is 11.6. The van der Waals surface area contributed by atoms with Crippen molar-refractivity contribution in [3.63, 3.8) is 0 Å². The van der Waals surface area contributed by atoms with Crippen LogP contribution in [0.4, 0.5) is 0 Å². The highest BCUT2D eigenvalue weighted by molar-refractivity contribution is 6.37. The largest absolute Gasteiger partial charge is 0.391 e. The first kappa shape index (κ1) is 90.4. The summed E-state index contributed by atoms with van der Waals surface area (Å²) in [5, 5.41) is 95.3. The van der Waals surface area contributed by atoms with Crippen molar-refractivity contribution in [3.8, 4) is 44.5 Å². The van der Waals surface area contributed by atoms with E-state index in [2.05, 4.69) is 21.3 Å². The van der Waals surface area contributed by atoms with Gasteiger partial charge in [0.05, 0.1) is 61.2 Å². The lowest BCUT2D eigenvalue weighted by atomic mass is 9.96. The van der Waals surface area contributed by atoms with Crippen LogP contribution in [0.15, 0.2) is 170 Å². The van der Waals surface area contributed by atoms with Gasteiger partial charge in [-0.15, -0.1) is 0 Å². The second-order valence-corrected chi connectivity index (χ2v) is 30.1. The molecule has 108 heavy (non-hydrogen) atoms. The first-order chi connectivity index (χ1) is 51.1. The third kappa shape index (κ3) is 29.6. The molecule has 582 valence electrons. The summed E-state index contributed by atoms with van der Waals surface area (Å²) in [5.74, 6) is -1.19. The molecule has 8 aromatic carbocycles. The van der Waals surface area contributed by atoms with Crippen molar-refractivity contribution in [1.29, 1.82) is 0 Å². The van der Waals surface area contributed by atoms with Crippen LogP contribution in [-0.2, 0) is 49.6 Å². The number of aliphatic hydroxyl groups is 8. The van der Waals surface area contributed by atoms with E-state index in [-0.39, 0.29) is 30.2 Å². The molecule has 0 spiro atoms. The zero-order chi connectivity index (χ0) is 79.6. The maximum absolute atomic E-state index is 12.4. The van der Waals surface area contributed by atoms with E-state index in [4.69, 9.17) is 109 Å². The molecular weight excluding hydrogens is 1550 g/mol. The van der Waals surface area contributed by atoms with E-state index in [0.717, 1.165) is 73.2 Å². The van der Waals surface area contributed by atoms with Crippen molar-refractivity contribution < 1.29 is 64.8 Å². The molecule has 27 heteroatoms. The molecule has 0 radical (unpaired) electrons. The smallest absolute Gasteiger partial charge is 0.249 e. The fourth-order valence-corrected chi connectivity index (χ4v) is 13.7. The van der Waals surface area contributed by atoms with Gasteiger partial charge in [0, 0.05) is 53.2 Å². The standard InChI is InChI=1S/C22H25Cl2NO4.C20H24Cl2N2O3.C20H23Cl2NO3.C19H22Cl2N2O3/c1-13(26)21(27)19(25-22(28)20-3-2-8-29-20)9-14-4-6-15(7-5-14)16-10-17(23)12-18(24)11-16;1-11(23)20(27)24-18(19(26)12(2)25)7-13-3-5-14(6-4-13)15-8-16(21)10-17(22)9-15;1-3-19(25)23-18(20(26)12(2)24)8-13-4-6-14(7-5-13)15-9-16(21)11-17(22)10-15;1-11(24)19(26)17(23-18(25)10-22)6-12-2-4-13(5-3-12)14-7-15(20)9-16(21)8-14/h4-7,10-13,19-21,26-27H,2-3,8-9H2,1H3,(H,25,28);3-6,8-12,18-19,25-26H,7,23H2,1-2H3,(H,24,27);4-7,9-12,18,20,24,26H,3,8H2,1-2H3,(H,23,25);2-5,7-9,11,17,19,24,26H,6,10,22H2,1H3,(H,23,25)/t13?,19?,20-,21?;11-,12?,18?,19?;;/m10../s1. The van der Waals surface area contributed by atoms with Crippen molar-refractivity contribution in [2.45, 2.75) is 172 Å². The van der Waals surface area contributed by atoms with Gasteiger partial charge in [-0.3, -0.25) is 19.2 Å². The molecule has 0 aliphatic carbocycles. The van der Waals surface area contributed by atoms with Gasteiger partial charge in [-0.05, 0) is 213 Å². The van der Waals surface area contributed by atoms with Crippen LogP contribution in [0.3, 0.4) is 0 Å². The molecule has 0 saturated carbocycles. The zero-order valence-corrected chi connectivity index (χ0v) is 66.5. The Morgan fingerprint density at radius 3 is 0.861 bits per heavy atom. The Hall–Kier alpha value is -6.48. The molecule has 14 atom stereocenters. The summed E-state index contributed by atoms with van der Waals surface area (Å²) in [6.07, 6.45) is -5.40. The number of nitrogens with two attached hydrogens (primary N) is 2. The minimum absolute atomic E-state index is 0.167. The zero-order valence-electron chi connectivity index (χ0n) is 60.4. The molecule has 12 unspecified atom stereocenters. The topological polar surface area (TPSA) is 340 Å². The lowest BCUT2D eigenvalue weighted by Crippen LogP contribution is -2.52. The van der Waals surface area contributed by atoms with E-state index in [1.54, 1.807) is 38.1 Å². The number of hydrogen-bond donors (Lipinski definition) is 14. The molecule has 1 fully saturated rings. The van der Waals surface area contributed by atoms with Gasteiger partial charge in [0.15, 0.2) is 0 Å². The van der Waals surface area contributed by atoms with E-state index < -0.39 is 85.1 Å². The Morgan fingerprint density at radius 2 is 0.639 bits per heavy atom. The highest BCUT2D eigenvalue weighted by Crippen LogP contribution is 2.33. The number of aliphatic hydroxyl groups excluding tert-OH is 8. The van der Waals surface area contributed by atoms with Crippen LogP contribution in [0, 0.1) is 0 Å². The van der Waals surface area contributed by atoms with Gasteiger partial charge in [-0.1, -0.05) is 197 Å². The second-order valence-electron chi connectivity index (χ2n) is 26.6. The first-order valence-electron chi connectivity index (χ1n) is 35.0. The Kier molecular flexibility index (Phi) is 37.3. The number of nitrogens with one attached hydrogen (secondary N) is 4. The third-order valence-electron chi connectivity index (χ3n) is 17.5. The van der Waals surface area contributed by atoms with E-state index >= 15 is 0 Å². The monoisotopic (exact) mass is 1640 g/mol. The van der Waals surface area contributed by atoms with Gasteiger partial charge >= 0.3 is 0 Å². The molecule has 0 aromatic heterocycles. The van der Waals surface area contributed by atoms with Crippen LogP contribution < -0.4 is 32.7 Å². The van der Waals surface area contributed by atoms with Gasteiger partial charge in [-0.2, -0.15) is 0 Å². The Labute approximate surface area is 670 Å². The van der Waals surface area contributed by atoms with Crippen molar-refractivity contribution in [2.75, 3.05) is 13.2 Å². The van der Waals surface area contributed by atoms with Gasteiger partial charge in [0.25, 0.3) is 0 Å². The van der Waals surface area contributed by atoms with Gasteiger partial charge < -0.3 is 78.3 Å². The average molecular weight is 1640 g/mol. The Balaban J connectivity index is 0.000000225. The van der Waals surface area contributed by atoms with Gasteiger partial charge in [0.2, 0.25) is 23.6 Å². The predicted molar refractivity (Wildman–Crippen MR) is 433 cm³/mol.